The fraction of sp³-hybridized carbons (Fsp3) is 0.583. The van der Waals surface area contributed by atoms with Crippen molar-refractivity contribution in [3.8, 4) is 0 Å². The highest BCUT2D eigenvalue weighted by Crippen LogP contribution is 2.69. The van der Waals surface area contributed by atoms with Crippen molar-refractivity contribution < 1.29 is 14.3 Å². The average Bonchev–Trinajstić information content (AvgIpc) is 2.65. The first kappa shape index (κ1) is 9.16. The second kappa shape index (κ2) is 2.73. The molecule has 2 bridgehead atoms. The van der Waals surface area contributed by atoms with Crippen LogP contribution in [0.2, 0.25) is 0 Å². The van der Waals surface area contributed by atoms with E-state index in [9.17, 15) is 4.79 Å². The van der Waals surface area contributed by atoms with E-state index in [1.165, 1.54) is 0 Å². The van der Waals surface area contributed by atoms with Gasteiger partial charge in [-0.15, -0.1) is 0 Å². The topological polar surface area (TPSA) is 35.5 Å². The molecule has 2 fully saturated rings. The number of hydrogen-bond donors (Lipinski definition) is 0. The smallest absolute Gasteiger partial charge is 0.312 e. The second-order valence-corrected chi connectivity index (χ2v) is 4.67. The SMILES string of the molecule is C=CCOC(=O)C1(C)C2C3C=CC(O3)C21. The molecule has 0 N–H and O–H groups in total. The van der Waals surface area contributed by atoms with Gasteiger partial charge in [-0.1, -0.05) is 24.8 Å². The van der Waals surface area contributed by atoms with Gasteiger partial charge in [0.2, 0.25) is 0 Å². The van der Waals surface area contributed by atoms with Crippen molar-refractivity contribution in [2.75, 3.05) is 6.61 Å². The van der Waals surface area contributed by atoms with E-state index < -0.39 is 0 Å². The summed E-state index contributed by atoms with van der Waals surface area (Å²) in [4.78, 5) is 11.9. The van der Waals surface area contributed by atoms with Crippen molar-refractivity contribution in [2.45, 2.75) is 19.1 Å². The summed E-state index contributed by atoms with van der Waals surface area (Å²) in [5.41, 5.74) is -0.319. The van der Waals surface area contributed by atoms with Gasteiger partial charge in [0.1, 0.15) is 6.61 Å². The van der Waals surface area contributed by atoms with Crippen LogP contribution in [-0.2, 0) is 14.3 Å². The van der Waals surface area contributed by atoms with Crippen LogP contribution >= 0.6 is 0 Å². The van der Waals surface area contributed by atoms with E-state index >= 15 is 0 Å². The molecule has 0 aromatic heterocycles. The first-order valence-electron chi connectivity index (χ1n) is 5.31. The molecule has 3 heteroatoms. The average molecular weight is 206 g/mol. The van der Waals surface area contributed by atoms with Gasteiger partial charge in [-0.2, -0.15) is 0 Å². The van der Waals surface area contributed by atoms with Crippen LogP contribution in [0.25, 0.3) is 0 Å². The van der Waals surface area contributed by atoms with Crippen molar-refractivity contribution in [3.63, 3.8) is 0 Å². The third-order valence-corrected chi connectivity index (χ3v) is 3.95. The van der Waals surface area contributed by atoms with Gasteiger partial charge in [0.05, 0.1) is 17.6 Å². The third-order valence-electron chi connectivity index (χ3n) is 3.95. The Bertz CT molecular complexity index is 340. The van der Waals surface area contributed by atoms with Gasteiger partial charge in [0.25, 0.3) is 0 Å². The number of ether oxygens (including phenoxy) is 2. The Hall–Kier alpha value is -1.09. The molecule has 4 unspecified atom stereocenters. The molecule has 0 amide bonds. The molecule has 1 saturated carbocycles. The number of carbonyl (C=O) groups is 1. The molecule has 80 valence electrons. The van der Waals surface area contributed by atoms with Crippen LogP contribution in [0.5, 0.6) is 0 Å². The summed E-state index contributed by atoms with van der Waals surface area (Å²) in [5.74, 6) is 0.578. The summed E-state index contributed by atoms with van der Waals surface area (Å²) in [7, 11) is 0. The molecular weight excluding hydrogens is 192 g/mol. The lowest BCUT2D eigenvalue weighted by Gasteiger charge is -2.17. The Morgan fingerprint density at radius 1 is 1.53 bits per heavy atom. The fourth-order valence-corrected chi connectivity index (χ4v) is 3.13. The van der Waals surface area contributed by atoms with Crippen LogP contribution < -0.4 is 0 Å². The molecule has 3 aliphatic rings. The van der Waals surface area contributed by atoms with Crippen LogP contribution in [-0.4, -0.2) is 24.8 Å². The predicted molar refractivity (Wildman–Crippen MR) is 54.0 cm³/mol. The molecule has 2 heterocycles. The van der Waals surface area contributed by atoms with Gasteiger partial charge in [-0.25, -0.2) is 0 Å². The number of rotatable bonds is 3. The first-order chi connectivity index (χ1) is 7.19. The predicted octanol–water partition coefficient (Wildman–Crippen LogP) is 1.31. The van der Waals surface area contributed by atoms with E-state index in [2.05, 4.69) is 18.7 Å². The standard InChI is InChI=1S/C12H14O3/c1-3-6-14-11(13)12(2)9-7-4-5-8(15-7)10(9)12/h3-5,7-10H,1,6H2,2H3. The van der Waals surface area contributed by atoms with Crippen LogP contribution in [0.3, 0.4) is 0 Å². The van der Waals surface area contributed by atoms with E-state index in [1.54, 1.807) is 6.08 Å². The summed E-state index contributed by atoms with van der Waals surface area (Å²) in [5, 5.41) is 0. The Labute approximate surface area is 88.7 Å². The summed E-state index contributed by atoms with van der Waals surface area (Å²) in [6.45, 7) is 5.83. The fourth-order valence-electron chi connectivity index (χ4n) is 3.13. The highest BCUT2D eigenvalue weighted by atomic mass is 16.5. The number of fused-ring (bicyclic) bond motifs is 5. The van der Waals surface area contributed by atoms with Gasteiger partial charge in [-0.3, -0.25) is 4.79 Å². The lowest BCUT2D eigenvalue weighted by Crippen LogP contribution is -2.27. The van der Waals surface area contributed by atoms with Crippen LogP contribution in [0.4, 0.5) is 0 Å². The normalized spacial score (nSPS) is 48.9. The van der Waals surface area contributed by atoms with Gasteiger partial charge in [-0.05, 0) is 6.92 Å². The van der Waals surface area contributed by atoms with E-state index in [-0.39, 0.29) is 23.6 Å². The minimum Gasteiger partial charge on any atom is -0.461 e. The molecule has 0 radical (unpaired) electrons. The minimum absolute atomic E-state index is 0.0978. The Kier molecular flexibility index (Phi) is 1.67. The maximum atomic E-state index is 11.9. The minimum atomic E-state index is -0.319. The third kappa shape index (κ3) is 0.965. The van der Waals surface area contributed by atoms with Crippen molar-refractivity contribution in [2.24, 2.45) is 17.3 Å². The first-order valence-corrected chi connectivity index (χ1v) is 5.31. The van der Waals surface area contributed by atoms with Crippen LogP contribution in [0, 0.1) is 17.3 Å². The number of esters is 1. The van der Waals surface area contributed by atoms with E-state index in [0.29, 0.717) is 18.4 Å². The molecule has 0 aromatic carbocycles. The summed E-state index contributed by atoms with van der Waals surface area (Å²) < 4.78 is 10.8. The Morgan fingerprint density at radius 2 is 2.13 bits per heavy atom. The molecule has 2 aliphatic heterocycles. The summed E-state index contributed by atoms with van der Waals surface area (Å²) in [6, 6.07) is 0. The lowest BCUT2D eigenvalue weighted by molar-refractivity contribution is -0.151. The highest BCUT2D eigenvalue weighted by Gasteiger charge is 2.76. The van der Waals surface area contributed by atoms with E-state index in [4.69, 9.17) is 9.47 Å². The Morgan fingerprint density at radius 3 is 2.67 bits per heavy atom. The molecule has 4 atom stereocenters. The monoisotopic (exact) mass is 206 g/mol. The van der Waals surface area contributed by atoms with Gasteiger partial charge >= 0.3 is 5.97 Å². The number of carbonyl (C=O) groups excluding carboxylic acids is 1. The molecule has 1 aliphatic carbocycles. The molecule has 0 spiro atoms. The molecule has 1 saturated heterocycles. The zero-order valence-corrected chi connectivity index (χ0v) is 8.68. The zero-order chi connectivity index (χ0) is 10.6. The summed E-state index contributed by atoms with van der Waals surface area (Å²) >= 11 is 0. The second-order valence-electron chi connectivity index (χ2n) is 4.67. The molecular formula is C12H14O3. The van der Waals surface area contributed by atoms with Crippen LogP contribution in [0.1, 0.15) is 6.92 Å². The molecule has 0 aromatic rings. The maximum absolute atomic E-state index is 11.9. The van der Waals surface area contributed by atoms with E-state index in [1.807, 2.05) is 6.92 Å². The van der Waals surface area contributed by atoms with Crippen molar-refractivity contribution in [1.29, 1.82) is 0 Å². The zero-order valence-electron chi connectivity index (χ0n) is 8.68. The molecule has 3 nitrogen and oxygen atoms in total. The van der Waals surface area contributed by atoms with Gasteiger partial charge < -0.3 is 9.47 Å². The molecule has 3 rings (SSSR count). The summed E-state index contributed by atoms with van der Waals surface area (Å²) in [6.07, 6.45) is 6.01. The van der Waals surface area contributed by atoms with E-state index in [0.717, 1.165) is 0 Å². The maximum Gasteiger partial charge on any atom is 0.312 e. The number of hydrogen-bond acceptors (Lipinski definition) is 3. The Balaban J connectivity index is 1.74. The van der Waals surface area contributed by atoms with Crippen molar-refractivity contribution in [1.82, 2.24) is 0 Å². The van der Waals surface area contributed by atoms with Crippen molar-refractivity contribution >= 4 is 5.97 Å². The largest absolute Gasteiger partial charge is 0.461 e. The lowest BCUT2D eigenvalue weighted by atomic mass is 10.0. The molecule has 15 heavy (non-hydrogen) atoms. The van der Waals surface area contributed by atoms with Gasteiger partial charge in [0.15, 0.2) is 0 Å². The van der Waals surface area contributed by atoms with Gasteiger partial charge in [0, 0.05) is 11.8 Å². The highest BCUT2D eigenvalue weighted by molar-refractivity contribution is 5.82. The quantitative estimate of drug-likeness (QED) is 0.516. The van der Waals surface area contributed by atoms with Crippen molar-refractivity contribution in [3.05, 3.63) is 24.8 Å². The van der Waals surface area contributed by atoms with Crippen LogP contribution in [0.15, 0.2) is 24.8 Å².